The van der Waals surface area contributed by atoms with Crippen LogP contribution in [0.25, 0.3) is 0 Å². The highest BCUT2D eigenvalue weighted by molar-refractivity contribution is 7.89. The fourth-order valence-electron chi connectivity index (χ4n) is 6.24. The summed E-state index contributed by atoms with van der Waals surface area (Å²) in [5.41, 5.74) is 0.0299. The molecule has 0 aromatic heterocycles. The second-order valence-corrected chi connectivity index (χ2v) is 11.4. The van der Waals surface area contributed by atoms with Crippen molar-refractivity contribution in [1.82, 2.24) is 4.72 Å². The van der Waals surface area contributed by atoms with Gasteiger partial charge in [0.05, 0.1) is 4.90 Å². The van der Waals surface area contributed by atoms with Gasteiger partial charge < -0.3 is 4.74 Å². The number of ether oxygens (including phenoxy) is 1. The predicted molar refractivity (Wildman–Crippen MR) is 113 cm³/mol. The Morgan fingerprint density at radius 2 is 1.55 bits per heavy atom. The van der Waals surface area contributed by atoms with Crippen molar-refractivity contribution in [2.45, 2.75) is 63.4 Å². The maximum absolute atomic E-state index is 13.2. The van der Waals surface area contributed by atoms with E-state index < -0.39 is 28.6 Å². The van der Waals surface area contributed by atoms with E-state index in [9.17, 15) is 22.8 Å². The minimum atomic E-state index is -3.94. The number of nitrogens with one attached hydrogen (secondary N) is 1. The van der Waals surface area contributed by atoms with Crippen molar-refractivity contribution in [3.8, 4) is 0 Å². The van der Waals surface area contributed by atoms with Crippen LogP contribution >= 0.6 is 0 Å². The number of esters is 1. The molecule has 0 unspecified atom stereocenters. The zero-order chi connectivity index (χ0) is 22.4. The molecule has 7 nitrogen and oxygen atoms in total. The highest BCUT2D eigenvalue weighted by Crippen LogP contribution is 2.60. The number of ketones is 2. The molecule has 1 aromatic carbocycles. The van der Waals surface area contributed by atoms with Crippen molar-refractivity contribution < 1.29 is 27.5 Å². The first kappa shape index (κ1) is 22.1. The molecule has 1 atom stereocenters. The number of sulfonamides is 1. The van der Waals surface area contributed by atoms with E-state index in [1.165, 1.54) is 50.5 Å². The molecule has 0 radical (unpaired) electrons. The maximum atomic E-state index is 13.2. The van der Waals surface area contributed by atoms with Gasteiger partial charge in [0, 0.05) is 11.0 Å². The van der Waals surface area contributed by atoms with E-state index in [1.54, 1.807) is 6.92 Å². The second-order valence-electron chi connectivity index (χ2n) is 9.60. The van der Waals surface area contributed by atoms with Crippen LogP contribution in [0.2, 0.25) is 0 Å². The van der Waals surface area contributed by atoms with Gasteiger partial charge in [-0.2, -0.15) is 4.72 Å². The van der Waals surface area contributed by atoms with Gasteiger partial charge in [0.1, 0.15) is 6.54 Å². The third-order valence-electron chi connectivity index (χ3n) is 7.22. The zero-order valence-corrected chi connectivity index (χ0v) is 18.7. The summed E-state index contributed by atoms with van der Waals surface area (Å²) >= 11 is 0. The van der Waals surface area contributed by atoms with Crippen LogP contribution in [0.3, 0.4) is 0 Å². The van der Waals surface area contributed by atoms with E-state index in [2.05, 4.69) is 4.72 Å². The molecule has 31 heavy (non-hydrogen) atoms. The Morgan fingerprint density at radius 3 is 2.03 bits per heavy atom. The van der Waals surface area contributed by atoms with Crippen molar-refractivity contribution in [2.24, 2.45) is 23.2 Å². The molecule has 4 aliphatic rings. The summed E-state index contributed by atoms with van der Waals surface area (Å²) in [6.07, 6.45) is 5.44. The summed E-state index contributed by atoms with van der Waals surface area (Å²) in [7, 11) is -3.94. The number of hydrogen-bond donors (Lipinski definition) is 1. The Morgan fingerprint density at radius 1 is 1.03 bits per heavy atom. The smallest absolute Gasteiger partial charge is 0.321 e. The quantitative estimate of drug-likeness (QED) is 0.485. The van der Waals surface area contributed by atoms with Gasteiger partial charge in [-0.3, -0.25) is 14.4 Å². The third kappa shape index (κ3) is 4.46. The minimum absolute atomic E-state index is 0.0115. The van der Waals surface area contributed by atoms with Gasteiger partial charge >= 0.3 is 5.97 Å². The van der Waals surface area contributed by atoms with Crippen LogP contribution in [0.1, 0.15) is 62.7 Å². The topological polar surface area (TPSA) is 107 Å². The maximum Gasteiger partial charge on any atom is 0.321 e. The van der Waals surface area contributed by atoms with E-state index in [4.69, 9.17) is 4.74 Å². The van der Waals surface area contributed by atoms with Gasteiger partial charge in [0.25, 0.3) is 0 Å². The van der Waals surface area contributed by atoms with E-state index >= 15 is 0 Å². The van der Waals surface area contributed by atoms with Gasteiger partial charge in [-0.05, 0) is 82.3 Å². The number of rotatable bonds is 8. The number of carbonyl (C=O) groups excluding carboxylic acids is 3. The molecule has 0 spiro atoms. The Labute approximate surface area is 183 Å². The van der Waals surface area contributed by atoms with Crippen molar-refractivity contribution in [3.63, 3.8) is 0 Å². The number of benzene rings is 1. The SMILES string of the molecule is CC(=O)c1ccc(S(=O)(=O)NCC(=O)O[C@@H](C)C(=O)C23CC4CC(CC(C4)C2)C3)cc1. The number of carbonyl (C=O) groups is 3. The lowest BCUT2D eigenvalue weighted by Crippen LogP contribution is -2.53. The molecule has 0 amide bonds. The summed E-state index contributed by atoms with van der Waals surface area (Å²) in [6.45, 7) is 2.42. The average molecular weight is 448 g/mol. The van der Waals surface area contributed by atoms with Gasteiger partial charge in [-0.25, -0.2) is 8.42 Å². The van der Waals surface area contributed by atoms with E-state index in [1.807, 2.05) is 0 Å². The molecule has 4 bridgehead atoms. The molecule has 4 fully saturated rings. The van der Waals surface area contributed by atoms with E-state index in [-0.39, 0.29) is 21.9 Å². The van der Waals surface area contributed by atoms with Crippen LogP contribution in [0, 0.1) is 23.2 Å². The average Bonchev–Trinajstić information content (AvgIpc) is 2.71. The molecule has 4 aliphatic carbocycles. The molecule has 4 saturated carbocycles. The van der Waals surface area contributed by atoms with Crippen LogP contribution in [-0.2, 0) is 24.3 Å². The highest BCUT2D eigenvalue weighted by Gasteiger charge is 2.55. The highest BCUT2D eigenvalue weighted by atomic mass is 32.2. The molecule has 5 rings (SSSR count). The Kier molecular flexibility index (Phi) is 5.81. The van der Waals surface area contributed by atoms with Gasteiger partial charge in [-0.15, -0.1) is 0 Å². The lowest BCUT2D eigenvalue weighted by atomic mass is 9.48. The molecule has 0 aliphatic heterocycles. The second kappa shape index (κ2) is 8.13. The molecule has 0 saturated heterocycles. The van der Waals surface area contributed by atoms with E-state index in [0.29, 0.717) is 23.3 Å². The molecular weight excluding hydrogens is 418 g/mol. The lowest BCUT2D eigenvalue weighted by molar-refractivity contribution is -0.164. The summed E-state index contributed by atoms with van der Waals surface area (Å²) in [6, 6.07) is 5.45. The molecular formula is C23H29NO6S. The first-order valence-electron chi connectivity index (χ1n) is 10.9. The summed E-state index contributed by atoms with van der Waals surface area (Å²) in [5.74, 6) is 0.869. The largest absolute Gasteiger partial charge is 0.454 e. The monoisotopic (exact) mass is 447 g/mol. The Bertz CT molecular complexity index is 962. The van der Waals surface area contributed by atoms with Crippen molar-refractivity contribution >= 4 is 27.6 Å². The van der Waals surface area contributed by atoms with Gasteiger partial charge in [-0.1, -0.05) is 12.1 Å². The molecule has 1 aromatic rings. The summed E-state index contributed by atoms with van der Waals surface area (Å²) < 4.78 is 32.3. The zero-order valence-electron chi connectivity index (χ0n) is 17.9. The van der Waals surface area contributed by atoms with Crippen molar-refractivity contribution in [3.05, 3.63) is 29.8 Å². The molecule has 168 valence electrons. The predicted octanol–water partition coefficient (Wildman–Crippen LogP) is 2.88. The normalized spacial score (nSPS) is 30.1. The fourth-order valence-corrected chi connectivity index (χ4v) is 7.21. The minimum Gasteiger partial charge on any atom is -0.454 e. The van der Waals surface area contributed by atoms with Gasteiger partial charge in [0.2, 0.25) is 10.0 Å². The lowest BCUT2D eigenvalue weighted by Gasteiger charge is -2.56. The number of hydrogen-bond acceptors (Lipinski definition) is 6. The van der Waals surface area contributed by atoms with Crippen molar-refractivity contribution in [2.75, 3.05) is 6.54 Å². The standard InChI is InChI=1S/C23H29NO6S/c1-14(25)19-3-5-20(6-4-19)31(28,29)24-13-21(26)30-15(2)22(27)23-10-16-7-17(11-23)9-18(8-16)12-23/h3-6,15-18,24H,7-13H2,1-2H3/t15-,16?,17?,18?,23?/m0/s1. The van der Waals surface area contributed by atoms with Crippen LogP contribution in [0.4, 0.5) is 0 Å². The van der Waals surface area contributed by atoms with E-state index in [0.717, 1.165) is 19.3 Å². The Balaban J connectivity index is 1.33. The summed E-state index contributed by atoms with van der Waals surface area (Å²) in [5, 5.41) is 0. The fraction of sp³-hybridized carbons (Fsp3) is 0.609. The first-order valence-corrected chi connectivity index (χ1v) is 12.4. The Hall–Kier alpha value is -2.06. The van der Waals surface area contributed by atoms with Gasteiger partial charge in [0.15, 0.2) is 17.7 Å². The van der Waals surface area contributed by atoms with Crippen LogP contribution in [0.15, 0.2) is 29.2 Å². The first-order chi connectivity index (χ1) is 14.6. The molecule has 1 N–H and O–H groups in total. The van der Waals surface area contributed by atoms with Crippen LogP contribution < -0.4 is 4.72 Å². The summed E-state index contributed by atoms with van der Waals surface area (Å²) in [4.78, 5) is 36.7. The molecule has 0 heterocycles. The van der Waals surface area contributed by atoms with Crippen LogP contribution in [-0.4, -0.2) is 38.6 Å². The van der Waals surface area contributed by atoms with Crippen molar-refractivity contribution in [1.29, 1.82) is 0 Å². The molecule has 8 heteroatoms. The third-order valence-corrected chi connectivity index (χ3v) is 8.63. The number of Topliss-reactive ketones (excluding diaryl/α,β-unsaturated/α-hetero) is 2. The van der Waals surface area contributed by atoms with Crippen LogP contribution in [0.5, 0.6) is 0 Å².